The molecule has 4 aromatic rings. The Morgan fingerprint density at radius 1 is 0.955 bits per heavy atom. The van der Waals surface area contributed by atoms with E-state index in [1.54, 1.807) is 54.3 Å². The fourth-order valence-corrected chi connectivity index (χ4v) is 10.6. The third kappa shape index (κ3) is 10.0. The number of aryl methyl sites for hydroxylation is 1. The summed E-state index contributed by atoms with van der Waals surface area (Å²) in [5.74, 6) is 0.696. The molecule has 1 saturated carbocycles. The minimum Gasteiger partial charge on any atom is -0.507 e. The van der Waals surface area contributed by atoms with E-state index in [0.717, 1.165) is 49.2 Å². The number of ether oxygens (including phenoxy) is 1. The lowest BCUT2D eigenvalue weighted by Gasteiger charge is -2.41. The first-order chi connectivity index (χ1) is 31.8. The summed E-state index contributed by atoms with van der Waals surface area (Å²) in [5.41, 5.74) is 25.1. The largest absolute Gasteiger partial charge is 0.507 e. The molecule has 14 heteroatoms. The van der Waals surface area contributed by atoms with Gasteiger partial charge in [0.15, 0.2) is 0 Å². The Bertz CT molecular complexity index is 2480. The van der Waals surface area contributed by atoms with Crippen molar-refractivity contribution >= 4 is 34.2 Å². The highest BCUT2D eigenvalue weighted by Gasteiger charge is 2.39. The zero-order valence-corrected chi connectivity index (χ0v) is 38.9. The minimum absolute atomic E-state index is 0.0467. The van der Waals surface area contributed by atoms with Crippen molar-refractivity contribution in [3.8, 4) is 5.75 Å². The van der Waals surface area contributed by atoms with Crippen LogP contribution in [0.2, 0.25) is 0 Å². The number of allylic oxidation sites excluding steroid dienone is 1. The zero-order chi connectivity index (χ0) is 46.7. The second-order valence-electron chi connectivity index (χ2n) is 18.9. The minimum atomic E-state index is -1.35. The molecular weight excluding hydrogens is 834 g/mol. The van der Waals surface area contributed by atoms with E-state index in [0.29, 0.717) is 93.0 Å². The van der Waals surface area contributed by atoms with Crippen LogP contribution in [-0.4, -0.2) is 115 Å². The number of hydrogen-bond acceptors (Lipinski definition) is 9. The number of carbonyl (C=O) groups excluding carboxylic acids is 2. The summed E-state index contributed by atoms with van der Waals surface area (Å²) >= 11 is 0. The van der Waals surface area contributed by atoms with Gasteiger partial charge >= 0.3 is 6.03 Å². The maximum Gasteiger partial charge on any atom is 0.321 e. The topological polar surface area (TPSA) is 172 Å². The Morgan fingerprint density at radius 3 is 2.35 bits per heavy atom. The number of nitrogens with one attached hydrogen (secondary N) is 1. The number of fused-ring (bicyclic) bond motifs is 1. The van der Waals surface area contributed by atoms with Gasteiger partial charge < -0.3 is 51.6 Å². The summed E-state index contributed by atoms with van der Waals surface area (Å²) < 4.78 is 24.9. The van der Waals surface area contributed by atoms with Crippen LogP contribution in [0.1, 0.15) is 102 Å². The lowest BCUT2D eigenvalue weighted by molar-refractivity contribution is 0.0158. The number of benzene rings is 3. The van der Waals surface area contributed by atoms with Crippen molar-refractivity contribution < 1.29 is 23.8 Å². The number of methoxy groups -OCH3 is 1. The molecular formula is C52H68FN9O4. The molecule has 4 heterocycles. The third-order valence-corrected chi connectivity index (χ3v) is 14.4. The van der Waals surface area contributed by atoms with Crippen molar-refractivity contribution in [2.24, 2.45) is 17.2 Å². The number of carbonyl (C=O) groups is 2. The molecule has 3 saturated heterocycles. The van der Waals surface area contributed by atoms with E-state index < -0.39 is 5.67 Å². The summed E-state index contributed by atoms with van der Waals surface area (Å²) in [6, 6.07) is 19.3. The molecule has 352 valence electrons. The van der Waals surface area contributed by atoms with E-state index in [9.17, 15) is 14.7 Å². The number of halogens is 1. The van der Waals surface area contributed by atoms with Crippen LogP contribution >= 0.6 is 0 Å². The number of urea groups is 1. The summed E-state index contributed by atoms with van der Waals surface area (Å²) in [7, 11) is 3.35. The van der Waals surface area contributed by atoms with Crippen LogP contribution in [0.15, 0.2) is 97.1 Å². The lowest BCUT2D eigenvalue weighted by Crippen LogP contribution is -2.51. The monoisotopic (exact) mass is 902 g/mol. The number of anilines is 1. The van der Waals surface area contributed by atoms with Crippen LogP contribution in [0.25, 0.3) is 16.6 Å². The van der Waals surface area contributed by atoms with Crippen LogP contribution in [0.3, 0.4) is 0 Å². The highest BCUT2D eigenvalue weighted by Crippen LogP contribution is 2.46. The van der Waals surface area contributed by atoms with Gasteiger partial charge in [-0.05, 0) is 117 Å². The number of phenols is 1. The molecule has 1 aliphatic carbocycles. The Morgan fingerprint density at radius 2 is 1.70 bits per heavy atom. The predicted molar refractivity (Wildman–Crippen MR) is 261 cm³/mol. The van der Waals surface area contributed by atoms with Gasteiger partial charge in [0.2, 0.25) is 0 Å². The van der Waals surface area contributed by atoms with Crippen molar-refractivity contribution in [2.45, 2.75) is 87.9 Å². The molecule has 66 heavy (non-hydrogen) atoms. The molecule has 0 bridgehead atoms. The lowest BCUT2D eigenvalue weighted by atomic mass is 9.85. The number of piperidine rings is 3. The normalized spacial score (nSPS) is 20.6. The second kappa shape index (κ2) is 19.9. The number of hydrogen-bond donors (Lipinski definition) is 5. The standard InChI is InChI=1S/C52H68FN9O4/c1-5-6-21-61(51(65)57-3)39-14-16-46-43(28-39)44(35-11-12-35)32-62(46)38-17-22-58(23-18-38)33-52(53)19-24-59(25-20-52)50(64)36-13-15-41(34(2)26-36)37-27-40(66-4)31-60(30-37)47(49(55)56)29-45(54)42-9-7-8-10-48(42)63/h5,7-10,13-16,26,28-29,32,35,37-38,40,63H,1,6,11-12,17-25,27,30-31,33,54-56H2,2-4H3,(H,57,65)/b45-29-. The number of nitrogens with zero attached hydrogens (tertiary/aromatic N) is 5. The number of likely N-dealkylation sites (tertiary alicyclic amines) is 3. The fraction of sp³-hybridized carbons (Fsp3) is 0.462. The van der Waals surface area contributed by atoms with Gasteiger partial charge in [0.25, 0.3) is 5.91 Å². The van der Waals surface area contributed by atoms with Crippen molar-refractivity contribution in [1.82, 2.24) is 24.6 Å². The summed E-state index contributed by atoms with van der Waals surface area (Å²) in [6.07, 6.45) is 12.1. The predicted octanol–water partition coefficient (Wildman–Crippen LogP) is 7.43. The molecule has 4 fully saturated rings. The molecule has 1 aromatic heterocycles. The maximum absolute atomic E-state index is 16.6. The first-order valence-corrected chi connectivity index (χ1v) is 23.6. The first kappa shape index (κ1) is 46.5. The van der Waals surface area contributed by atoms with E-state index in [-0.39, 0.29) is 35.5 Å². The Labute approximate surface area is 388 Å². The quantitative estimate of drug-likeness (QED) is 0.0638. The van der Waals surface area contributed by atoms with Crippen molar-refractivity contribution in [3.05, 3.63) is 125 Å². The molecule has 13 nitrogen and oxygen atoms in total. The van der Waals surface area contributed by atoms with Gasteiger partial charge in [0, 0.05) is 131 Å². The van der Waals surface area contributed by atoms with Crippen LogP contribution in [-0.2, 0) is 4.74 Å². The maximum atomic E-state index is 16.6. The zero-order valence-electron chi connectivity index (χ0n) is 38.9. The van der Waals surface area contributed by atoms with Gasteiger partial charge in [0.05, 0.1) is 11.8 Å². The third-order valence-electron chi connectivity index (χ3n) is 14.4. The van der Waals surface area contributed by atoms with Gasteiger partial charge in [-0.1, -0.05) is 24.3 Å². The van der Waals surface area contributed by atoms with E-state index in [2.05, 4.69) is 50.7 Å². The van der Waals surface area contributed by atoms with Crippen LogP contribution in [0.5, 0.6) is 5.75 Å². The number of aromatic hydroxyl groups is 1. The molecule has 0 radical (unpaired) electrons. The average molecular weight is 902 g/mol. The van der Waals surface area contributed by atoms with Gasteiger partial charge in [-0.3, -0.25) is 9.69 Å². The number of amides is 3. The molecule has 3 amide bonds. The van der Waals surface area contributed by atoms with Crippen LogP contribution < -0.4 is 27.4 Å². The molecule has 0 spiro atoms. The Hall–Kier alpha value is -5.99. The molecule has 3 aromatic carbocycles. The van der Waals surface area contributed by atoms with E-state index in [1.165, 1.54) is 29.3 Å². The fourth-order valence-electron chi connectivity index (χ4n) is 10.6. The van der Waals surface area contributed by atoms with E-state index in [4.69, 9.17) is 21.9 Å². The number of para-hydroxylation sites is 1. The van der Waals surface area contributed by atoms with E-state index in [1.807, 2.05) is 31.2 Å². The van der Waals surface area contributed by atoms with E-state index >= 15 is 4.39 Å². The van der Waals surface area contributed by atoms with Crippen LogP contribution in [0, 0.1) is 6.92 Å². The molecule has 2 unspecified atom stereocenters. The summed E-state index contributed by atoms with van der Waals surface area (Å²) in [4.78, 5) is 34.7. The Kier molecular flexibility index (Phi) is 14.0. The van der Waals surface area contributed by atoms with Crippen molar-refractivity contribution in [3.63, 3.8) is 0 Å². The molecule has 3 aliphatic heterocycles. The number of alkyl halides is 1. The van der Waals surface area contributed by atoms with Crippen LogP contribution in [0.4, 0.5) is 14.9 Å². The highest BCUT2D eigenvalue weighted by molar-refractivity contribution is 5.96. The number of nitrogens with two attached hydrogens (primary N) is 3. The molecule has 8 rings (SSSR count). The van der Waals surface area contributed by atoms with Gasteiger partial charge in [0.1, 0.15) is 17.2 Å². The molecule has 8 N–H and O–H groups in total. The van der Waals surface area contributed by atoms with Gasteiger partial charge in [-0.25, -0.2) is 9.18 Å². The summed E-state index contributed by atoms with van der Waals surface area (Å²) in [6.45, 7) is 10.3. The second-order valence-corrected chi connectivity index (χ2v) is 18.9. The summed E-state index contributed by atoms with van der Waals surface area (Å²) in [5, 5.41) is 14.4. The van der Waals surface area contributed by atoms with Gasteiger partial charge in [-0.15, -0.1) is 6.58 Å². The van der Waals surface area contributed by atoms with Gasteiger partial charge in [-0.2, -0.15) is 0 Å². The molecule has 4 aliphatic rings. The Balaban J connectivity index is 0.870. The highest BCUT2D eigenvalue weighted by atomic mass is 19.1. The average Bonchev–Trinajstić information content (AvgIpc) is 4.10. The first-order valence-electron chi connectivity index (χ1n) is 23.6. The number of aromatic nitrogens is 1. The molecule has 2 atom stereocenters. The SMILES string of the molecule is C=CCCN(C(=O)NC)c1ccc2c(c1)c(C1CC1)cn2C1CCN(CC2(F)CCN(C(=O)c3ccc(C4CC(OC)CN(C(/C=C(\N)c5ccccc5O)=C(N)N)C4)c(C)c3)CC2)CC1. The number of rotatable bonds is 14. The number of phenolic OH excluding ortho intramolecular Hbond substituents is 1. The smallest absolute Gasteiger partial charge is 0.321 e. The van der Waals surface area contributed by atoms with Crippen molar-refractivity contribution in [1.29, 1.82) is 0 Å². The van der Waals surface area contributed by atoms with Crippen molar-refractivity contribution in [2.75, 3.05) is 71.4 Å².